The molecular formula is C13H22O2. The first-order valence-electron chi connectivity index (χ1n) is 6.62. The van der Waals surface area contributed by atoms with Crippen molar-refractivity contribution in [2.45, 2.75) is 63.1 Å². The summed E-state index contributed by atoms with van der Waals surface area (Å²) in [4.78, 5) is 0. The summed E-state index contributed by atoms with van der Waals surface area (Å²) in [6.45, 7) is 0. The Hall–Kier alpha value is -0.0800. The van der Waals surface area contributed by atoms with E-state index in [-0.39, 0.29) is 12.0 Å². The molecule has 0 aromatic carbocycles. The number of hydrogen-bond acceptors (Lipinski definition) is 2. The van der Waals surface area contributed by atoms with Gasteiger partial charge in [0.2, 0.25) is 0 Å². The summed E-state index contributed by atoms with van der Waals surface area (Å²) in [7, 11) is 0. The van der Waals surface area contributed by atoms with Gasteiger partial charge in [0.15, 0.2) is 0 Å². The summed E-state index contributed by atoms with van der Waals surface area (Å²) in [6.07, 6.45) is 8.87. The van der Waals surface area contributed by atoms with Gasteiger partial charge in [-0.3, -0.25) is 0 Å². The molecule has 0 amide bonds. The highest BCUT2D eigenvalue weighted by molar-refractivity contribution is 5.05. The molecule has 0 saturated heterocycles. The van der Waals surface area contributed by atoms with Gasteiger partial charge >= 0.3 is 0 Å². The van der Waals surface area contributed by atoms with Crippen molar-refractivity contribution < 1.29 is 10.2 Å². The number of aliphatic hydroxyl groups is 2. The Morgan fingerprint density at radius 1 is 1.00 bits per heavy atom. The van der Waals surface area contributed by atoms with Crippen molar-refractivity contribution in [2.24, 2.45) is 17.8 Å². The molecule has 3 fully saturated rings. The zero-order chi connectivity index (χ0) is 10.5. The van der Waals surface area contributed by atoms with Crippen LogP contribution in [0, 0.1) is 17.8 Å². The van der Waals surface area contributed by atoms with Crippen molar-refractivity contribution in [3.05, 3.63) is 0 Å². The highest BCUT2D eigenvalue weighted by atomic mass is 16.3. The number of fused-ring (bicyclic) bond motifs is 4. The van der Waals surface area contributed by atoms with E-state index in [0.717, 1.165) is 25.7 Å². The molecule has 3 aliphatic rings. The van der Waals surface area contributed by atoms with E-state index in [0.29, 0.717) is 11.8 Å². The lowest BCUT2D eigenvalue weighted by molar-refractivity contribution is -0.191. The van der Waals surface area contributed by atoms with E-state index in [1.807, 2.05) is 0 Å². The lowest BCUT2D eigenvalue weighted by atomic mass is 9.54. The van der Waals surface area contributed by atoms with E-state index in [4.69, 9.17) is 0 Å². The van der Waals surface area contributed by atoms with Crippen LogP contribution in [0.4, 0.5) is 0 Å². The maximum Gasteiger partial charge on any atom is 0.0728 e. The molecule has 0 aliphatic heterocycles. The molecule has 5 atom stereocenters. The topological polar surface area (TPSA) is 40.5 Å². The van der Waals surface area contributed by atoms with Crippen LogP contribution in [0.15, 0.2) is 0 Å². The predicted molar refractivity (Wildman–Crippen MR) is 58.4 cm³/mol. The molecule has 0 unspecified atom stereocenters. The van der Waals surface area contributed by atoms with Gasteiger partial charge in [-0.1, -0.05) is 19.3 Å². The fourth-order valence-electron chi connectivity index (χ4n) is 4.50. The van der Waals surface area contributed by atoms with Crippen LogP contribution in [0.5, 0.6) is 0 Å². The second kappa shape index (κ2) is 3.46. The number of hydrogen-bond donors (Lipinski definition) is 2. The van der Waals surface area contributed by atoms with Gasteiger partial charge in [-0.05, 0) is 43.9 Å². The number of rotatable bonds is 0. The Morgan fingerprint density at radius 3 is 2.73 bits per heavy atom. The Bertz CT molecular complexity index is 253. The van der Waals surface area contributed by atoms with Crippen LogP contribution in [0.2, 0.25) is 0 Å². The zero-order valence-corrected chi connectivity index (χ0v) is 9.36. The smallest absolute Gasteiger partial charge is 0.0728 e. The van der Waals surface area contributed by atoms with Gasteiger partial charge < -0.3 is 10.2 Å². The van der Waals surface area contributed by atoms with E-state index in [1.54, 1.807) is 0 Å². The molecule has 3 saturated carbocycles. The summed E-state index contributed by atoms with van der Waals surface area (Å²) in [5.41, 5.74) is -0.505. The van der Waals surface area contributed by atoms with E-state index < -0.39 is 5.60 Å². The molecule has 15 heavy (non-hydrogen) atoms. The van der Waals surface area contributed by atoms with E-state index >= 15 is 0 Å². The van der Waals surface area contributed by atoms with Crippen LogP contribution in [0.1, 0.15) is 51.4 Å². The Morgan fingerprint density at radius 2 is 1.87 bits per heavy atom. The first kappa shape index (κ1) is 10.1. The number of aliphatic hydroxyl groups excluding tert-OH is 1. The third kappa shape index (κ3) is 1.38. The quantitative estimate of drug-likeness (QED) is 0.642. The van der Waals surface area contributed by atoms with Crippen molar-refractivity contribution in [1.29, 1.82) is 0 Å². The summed E-state index contributed by atoms with van der Waals surface area (Å²) in [5.74, 6) is 1.17. The van der Waals surface area contributed by atoms with Crippen LogP contribution in [-0.2, 0) is 0 Å². The Kier molecular flexibility index (Phi) is 2.33. The van der Waals surface area contributed by atoms with Gasteiger partial charge in [-0.15, -0.1) is 0 Å². The van der Waals surface area contributed by atoms with Crippen molar-refractivity contribution >= 4 is 0 Å². The summed E-state index contributed by atoms with van der Waals surface area (Å²) in [6, 6.07) is 0. The van der Waals surface area contributed by atoms with Crippen LogP contribution in [-0.4, -0.2) is 21.9 Å². The maximum atomic E-state index is 10.8. The summed E-state index contributed by atoms with van der Waals surface area (Å²) in [5, 5.41) is 21.0. The predicted octanol–water partition coefficient (Wildman–Crippen LogP) is 2.09. The van der Waals surface area contributed by atoms with Crippen LogP contribution < -0.4 is 0 Å². The Balaban J connectivity index is 1.90. The van der Waals surface area contributed by atoms with Crippen molar-refractivity contribution in [3.63, 3.8) is 0 Å². The first-order chi connectivity index (χ1) is 7.22. The van der Waals surface area contributed by atoms with Gasteiger partial charge in [-0.2, -0.15) is 0 Å². The average Bonchev–Trinajstić information content (AvgIpc) is 2.21. The molecule has 2 heteroatoms. The van der Waals surface area contributed by atoms with Gasteiger partial charge in [0, 0.05) is 5.92 Å². The molecule has 3 aliphatic carbocycles. The lowest BCUT2D eigenvalue weighted by Gasteiger charge is -2.55. The van der Waals surface area contributed by atoms with Crippen molar-refractivity contribution in [2.75, 3.05) is 0 Å². The van der Waals surface area contributed by atoms with Gasteiger partial charge in [-0.25, -0.2) is 0 Å². The highest BCUT2D eigenvalue weighted by Gasteiger charge is 2.54. The van der Waals surface area contributed by atoms with Crippen molar-refractivity contribution in [3.8, 4) is 0 Å². The minimum absolute atomic E-state index is 0.190. The van der Waals surface area contributed by atoms with Crippen LogP contribution in [0.25, 0.3) is 0 Å². The van der Waals surface area contributed by atoms with E-state index in [2.05, 4.69) is 0 Å². The summed E-state index contributed by atoms with van der Waals surface area (Å²) >= 11 is 0. The molecule has 0 spiro atoms. The highest BCUT2D eigenvalue weighted by Crippen LogP contribution is 2.53. The minimum Gasteiger partial charge on any atom is -0.392 e. The zero-order valence-electron chi connectivity index (χ0n) is 9.36. The molecular weight excluding hydrogens is 188 g/mol. The molecule has 0 aromatic heterocycles. The van der Waals surface area contributed by atoms with Gasteiger partial charge in [0.1, 0.15) is 0 Å². The van der Waals surface area contributed by atoms with Crippen LogP contribution in [0.3, 0.4) is 0 Å². The molecule has 3 rings (SSSR count). The molecule has 2 bridgehead atoms. The van der Waals surface area contributed by atoms with E-state index in [9.17, 15) is 10.2 Å². The standard InChI is InChI=1S/C13H22O2/c14-12-9-4-3-6-11(12)13(15)7-2-1-5-10(13)8-9/h9-12,14-15H,1-8H2/t9-,10+,11-,12+,13-/m0/s1. The Labute approximate surface area is 91.7 Å². The molecule has 86 valence electrons. The summed E-state index contributed by atoms with van der Waals surface area (Å²) < 4.78 is 0. The van der Waals surface area contributed by atoms with Gasteiger partial charge in [0.25, 0.3) is 0 Å². The second-order valence-electron chi connectivity index (χ2n) is 5.96. The molecule has 0 aromatic rings. The fourth-order valence-corrected chi connectivity index (χ4v) is 4.50. The molecule has 2 nitrogen and oxygen atoms in total. The third-order valence-corrected chi connectivity index (χ3v) is 5.30. The lowest BCUT2D eigenvalue weighted by Crippen LogP contribution is -2.59. The molecule has 0 heterocycles. The normalized spacial score (nSPS) is 54.8. The third-order valence-electron chi connectivity index (χ3n) is 5.30. The maximum absolute atomic E-state index is 10.8. The monoisotopic (exact) mass is 210 g/mol. The van der Waals surface area contributed by atoms with Gasteiger partial charge in [0.05, 0.1) is 11.7 Å². The van der Waals surface area contributed by atoms with Crippen molar-refractivity contribution in [1.82, 2.24) is 0 Å². The largest absolute Gasteiger partial charge is 0.392 e. The molecule has 0 radical (unpaired) electrons. The average molecular weight is 210 g/mol. The molecule has 2 N–H and O–H groups in total. The fraction of sp³-hybridized carbons (Fsp3) is 1.00. The van der Waals surface area contributed by atoms with Crippen LogP contribution >= 0.6 is 0 Å². The first-order valence-corrected chi connectivity index (χ1v) is 6.62. The van der Waals surface area contributed by atoms with E-state index in [1.165, 1.54) is 25.7 Å². The SMILES string of the molecule is O[C@@H]1[C@H]2CCC[C@@H]1[C@]1(O)CCCC[C@@H]1C2. The second-order valence-corrected chi connectivity index (χ2v) is 5.96. The minimum atomic E-state index is -0.505.